The number of anilines is 1. The van der Waals surface area contributed by atoms with Crippen LogP contribution in [-0.4, -0.2) is 54.4 Å². The zero-order valence-electron chi connectivity index (χ0n) is 31.7. The summed E-state index contributed by atoms with van der Waals surface area (Å²) in [5.41, 5.74) is -1.65. The van der Waals surface area contributed by atoms with Gasteiger partial charge in [0.05, 0.1) is 5.69 Å². The van der Waals surface area contributed by atoms with Crippen LogP contribution in [-0.2, 0) is 58.4 Å². The van der Waals surface area contributed by atoms with Gasteiger partial charge in [-0.15, -0.1) is 0 Å². The van der Waals surface area contributed by atoms with Gasteiger partial charge in [0, 0.05) is 37.9 Å². The van der Waals surface area contributed by atoms with Gasteiger partial charge in [0.1, 0.15) is 5.82 Å². The number of ether oxygens (including phenoxy) is 1. The molecule has 21 heteroatoms. The molecule has 0 aliphatic heterocycles. The lowest BCUT2D eigenvalue weighted by Gasteiger charge is -2.27. The van der Waals surface area contributed by atoms with E-state index in [2.05, 4.69) is 16.0 Å². The molecule has 0 bridgehead atoms. The molecule has 1 unspecified atom stereocenters. The van der Waals surface area contributed by atoms with Crippen LogP contribution in [0.3, 0.4) is 0 Å². The SMILES string of the molecule is NS(=O)(=O)c1c(F)c(F)c(CCCC(=O)NCCCCC(NC(=O)CCCc2c(F)c(F)c(S(N)(=O)=O)c(F)c2NCC2CCC2)OC=O)c(CCC2CCC2)c1F. The third-order valence-corrected chi connectivity index (χ3v) is 12.5. The number of hydrogen-bond donors (Lipinski definition) is 5. The average Bonchev–Trinajstić information content (AvgIpc) is 3.08. The molecule has 324 valence electrons. The second-order valence-corrected chi connectivity index (χ2v) is 17.8. The Morgan fingerprint density at radius 1 is 0.690 bits per heavy atom. The molecule has 2 aromatic carbocycles. The van der Waals surface area contributed by atoms with E-state index in [9.17, 15) is 40.0 Å². The summed E-state index contributed by atoms with van der Waals surface area (Å²) in [6, 6.07) is 0. The molecule has 2 aliphatic carbocycles. The van der Waals surface area contributed by atoms with Gasteiger partial charge in [0.2, 0.25) is 31.9 Å². The zero-order chi connectivity index (χ0) is 42.8. The molecule has 2 fully saturated rings. The van der Waals surface area contributed by atoms with Gasteiger partial charge in [-0.3, -0.25) is 14.4 Å². The Balaban J connectivity index is 1.23. The molecule has 13 nitrogen and oxygen atoms in total. The second kappa shape index (κ2) is 20.8. The minimum Gasteiger partial charge on any atom is -0.444 e. The third kappa shape index (κ3) is 12.3. The van der Waals surface area contributed by atoms with Crippen LogP contribution in [0.25, 0.3) is 0 Å². The quantitative estimate of drug-likeness (QED) is 0.0315. The molecule has 1 atom stereocenters. The minimum absolute atomic E-state index is 0.0101. The van der Waals surface area contributed by atoms with Crippen LogP contribution in [0.1, 0.15) is 107 Å². The first-order valence-corrected chi connectivity index (χ1v) is 22.3. The Kier molecular flexibility index (Phi) is 16.8. The number of sulfonamides is 2. The van der Waals surface area contributed by atoms with Crippen molar-refractivity contribution in [3.63, 3.8) is 0 Å². The predicted octanol–water partition coefficient (Wildman–Crippen LogP) is 5.01. The first-order chi connectivity index (χ1) is 27.3. The Bertz CT molecular complexity index is 2050. The Labute approximate surface area is 333 Å². The second-order valence-electron chi connectivity index (χ2n) is 14.8. The van der Waals surface area contributed by atoms with Gasteiger partial charge in [-0.25, -0.2) is 53.5 Å². The molecule has 2 aliphatic rings. The van der Waals surface area contributed by atoms with E-state index >= 15 is 17.6 Å². The molecular formula is C37H49F6N5O8S2. The van der Waals surface area contributed by atoms with Crippen molar-refractivity contribution in [1.82, 2.24) is 10.6 Å². The summed E-state index contributed by atoms with van der Waals surface area (Å²) in [6.45, 7) is 0.444. The summed E-state index contributed by atoms with van der Waals surface area (Å²) < 4.78 is 142. The highest BCUT2D eigenvalue weighted by Gasteiger charge is 2.33. The normalized spacial score (nSPS) is 15.3. The summed E-state index contributed by atoms with van der Waals surface area (Å²) in [5.74, 6) is -10.7. The van der Waals surface area contributed by atoms with Gasteiger partial charge in [-0.05, 0) is 87.2 Å². The van der Waals surface area contributed by atoms with Crippen LogP contribution >= 0.6 is 0 Å². The number of nitrogens with one attached hydrogen (secondary N) is 3. The number of amides is 2. The average molecular weight is 870 g/mol. The van der Waals surface area contributed by atoms with E-state index in [1.807, 2.05) is 0 Å². The first kappa shape index (κ1) is 46.7. The maximum atomic E-state index is 15.3. The molecule has 4 rings (SSSR count). The molecule has 0 radical (unpaired) electrons. The van der Waals surface area contributed by atoms with E-state index in [0.717, 1.165) is 38.5 Å². The number of hydrogen-bond acceptors (Lipinski definition) is 9. The monoisotopic (exact) mass is 869 g/mol. The lowest BCUT2D eigenvalue weighted by atomic mass is 9.80. The number of primary sulfonamides is 2. The predicted molar refractivity (Wildman–Crippen MR) is 199 cm³/mol. The van der Waals surface area contributed by atoms with Crippen LogP contribution in [0.5, 0.6) is 0 Å². The summed E-state index contributed by atoms with van der Waals surface area (Å²) in [7, 11) is -9.86. The van der Waals surface area contributed by atoms with Crippen molar-refractivity contribution in [2.75, 3.05) is 18.4 Å². The molecule has 0 heterocycles. The lowest BCUT2D eigenvalue weighted by molar-refractivity contribution is -0.138. The van der Waals surface area contributed by atoms with Gasteiger partial charge in [0.25, 0.3) is 6.47 Å². The molecule has 58 heavy (non-hydrogen) atoms. The fourth-order valence-electron chi connectivity index (χ4n) is 7.04. The minimum atomic E-state index is -4.96. The Morgan fingerprint density at radius 3 is 1.78 bits per heavy atom. The van der Waals surface area contributed by atoms with Crippen molar-refractivity contribution in [3.05, 3.63) is 51.6 Å². The molecule has 2 amide bonds. The number of unbranched alkanes of at least 4 members (excludes halogenated alkanes) is 1. The third-order valence-electron chi connectivity index (χ3n) is 10.7. The van der Waals surface area contributed by atoms with Crippen LogP contribution in [0, 0.1) is 46.7 Å². The number of carbonyl (C=O) groups is 3. The van der Waals surface area contributed by atoms with E-state index < -0.39 is 94.0 Å². The zero-order valence-corrected chi connectivity index (χ0v) is 33.4. The van der Waals surface area contributed by atoms with Crippen molar-refractivity contribution < 1.29 is 62.3 Å². The molecule has 0 spiro atoms. The van der Waals surface area contributed by atoms with Gasteiger partial charge in [0.15, 0.2) is 45.1 Å². The maximum absolute atomic E-state index is 15.3. The highest BCUT2D eigenvalue weighted by atomic mass is 32.2. The van der Waals surface area contributed by atoms with E-state index in [0.29, 0.717) is 19.3 Å². The Hall–Kier alpha value is -3.95. The smallest absolute Gasteiger partial charge is 0.295 e. The largest absolute Gasteiger partial charge is 0.444 e. The summed E-state index contributed by atoms with van der Waals surface area (Å²) in [5, 5.41) is 17.7. The van der Waals surface area contributed by atoms with Crippen LogP contribution in [0.4, 0.5) is 32.0 Å². The molecular weight excluding hydrogens is 821 g/mol. The van der Waals surface area contributed by atoms with Crippen molar-refractivity contribution >= 4 is 44.0 Å². The molecule has 7 N–H and O–H groups in total. The standard InChI is InChI=1S/C37H49F6N5O8S2/c38-29-23(24(17-16-21-7-3-8-21)31(40)36(32(29)41)57(44,52)53)11-5-13-26(50)46-18-2-1-15-28(56-20-49)48-27(51)14-6-12-25-30(39)33(42)37(58(45,54)55)34(43)35(25)47-19-22-9-4-10-22/h20-22,28,47H,1-19H2,(H,46,50)(H,48,51)(H2,44,52,53)(H2,45,54,55). The number of nitrogens with two attached hydrogens (primary N) is 2. The van der Waals surface area contributed by atoms with Crippen molar-refractivity contribution in [2.45, 2.75) is 125 Å². The van der Waals surface area contributed by atoms with Crippen molar-refractivity contribution in [2.24, 2.45) is 22.1 Å². The first-order valence-electron chi connectivity index (χ1n) is 19.2. The molecule has 2 aromatic rings. The highest BCUT2D eigenvalue weighted by Crippen LogP contribution is 2.36. The van der Waals surface area contributed by atoms with E-state index in [1.165, 1.54) is 0 Å². The fourth-order valence-corrected chi connectivity index (χ4v) is 8.45. The van der Waals surface area contributed by atoms with Crippen LogP contribution in [0.15, 0.2) is 9.79 Å². The van der Waals surface area contributed by atoms with Crippen molar-refractivity contribution in [3.8, 4) is 0 Å². The van der Waals surface area contributed by atoms with E-state index in [1.54, 1.807) is 0 Å². The molecule has 2 saturated carbocycles. The van der Waals surface area contributed by atoms with Crippen molar-refractivity contribution in [1.29, 1.82) is 0 Å². The molecule has 0 saturated heterocycles. The van der Waals surface area contributed by atoms with Crippen LogP contribution < -0.4 is 26.2 Å². The van der Waals surface area contributed by atoms with Gasteiger partial charge >= 0.3 is 0 Å². The van der Waals surface area contributed by atoms with E-state index in [-0.39, 0.29) is 93.9 Å². The number of benzene rings is 2. The fraction of sp³-hybridized carbons (Fsp3) is 0.595. The van der Waals surface area contributed by atoms with Gasteiger partial charge in [-0.2, -0.15) is 0 Å². The highest BCUT2D eigenvalue weighted by molar-refractivity contribution is 7.89. The molecule has 0 aromatic heterocycles. The van der Waals surface area contributed by atoms with Gasteiger partial charge < -0.3 is 20.7 Å². The number of carbonyl (C=O) groups excluding carboxylic acids is 3. The topological polar surface area (TPSA) is 217 Å². The maximum Gasteiger partial charge on any atom is 0.295 e. The summed E-state index contributed by atoms with van der Waals surface area (Å²) >= 11 is 0. The number of halogens is 6. The Morgan fingerprint density at radius 2 is 1.22 bits per heavy atom. The summed E-state index contributed by atoms with van der Waals surface area (Å²) in [4.78, 5) is 33.1. The van der Waals surface area contributed by atoms with Gasteiger partial charge in [-0.1, -0.05) is 25.7 Å². The summed E-state index contributed by atoms with van der Waals surface area (Å²) in [6.07, 6.45) is 4.32. The number of rotatable bonds is 24. The van der Waals surface area contributed by atoms with Crippen LogP contribution in [0.2, 0.25) is 0 Å². The lowest BCUT2D eigenvalue weighted by Crippen LogP contribution is -2.36. The van der Waals surface area contributed by atoms with E-state index in [4.69, 9.17) is 15.0 Å².